The second kappa shape index (κ2) is 7.71. The molecular formula is C11H18BrNS2. The summed E-state index contributed by atoms with van der Waals surface area (Å²) < 4.78 is 1.22. The maximum absolute atomic E-state index is 3.47. The van der Waals surface area contributed by atoms with Gasteiger partial charge in [-0.15, -0.1) is 11.3 Å². The maximum atomic E-state index is 3.47. The summed E-state index contributed by atoms with van der Waals surface area (Å²) in [7, 11) is 0. The number of nitrogens with one attached hydrogen (secondary N) is 1. The molecule has 0 aromatic carbocycles. The molecule has 0 aliphatic heterocycles. The third kappa shape index (κ3) is 6.61. The van der Waals surface area contributed by atoms with Crippen LogP contribution in [0.15, 0.2) is 15.2 Å². The predicted octanol–water partition coefficient (Wildman–Crippen LogP) is 3.99. The molecule has 1 heterocycles. The number of hydrogen-bond donors (Lipinski definition) is 1. The van der Waals surface area contributed by atoms with Gasteiger partial charge in [0.1, 0.15) is 0 Å². The van der Waals surface area contributed by atoms with Gasteiger partial charge >= 0.3 is 0 Å². The molecule has 4 heteroatoms. The molecule has 0 amide bonds. The van der Waals surface area contributed by atoms with Gasteiger partial charge in [0.15, 0.2) is 0 Å². The lowest BCUT2D eigenvalue weighted by molar-refractivity contribution is 0.727. The highest BCUT2D eigenvalue weighted by Crippen LogP contribution is 2.20. The summed E-state index contributed by atoms with van der Waals surface area (Å²) in [4.78, 5) is 0. The highest BCUT2D eigenvalue weighted by Gasteiger charge is 1.97. The number of thioether (sulfide) groups is 1. The lowest BCUT2D eigenvalue weighted by Gasteiger charge is -2.05. The third-order valence-corrected chi connectivity index (χ3v) is 4.77. The zero-order valence-electron chi connectivity index (χ0n) is 9.25. The molecule has 0 saturated carbocycles. The minimum atomic E-state index is 0.808. The van der Waals surface area contributed by atoms with Crippen LogP contribution in [0.3, 0.4) is 0 Å². The minimum Gasteiger partial charge on any atom is -0.312 e. The van der Waals surface area contributed by atoms with E-state index in [-0.39, 0.29) is 0 Å². The van der Waals surface area contributed by atoms with Crippen LogP contribution >= 0.6 is 39.0 Å². The Hall–Kier alpha value is 0.490. The Morgan fingerprint density at radius 2 is 2.33 bits per heavy atom. The van der Waals surface area contributed by atoms with Crippen molar-refractivity contribution < 1.29 is 0 Å². The fourth-order valence-electron chi connectivity index (χ4n) is 1.13. The second-order valence-corrected chi connectivity index (χ2v) is 7.34. The van der Waals surface area contributed by atoms with Gasteiger partial charge < -0.3 is 5.32 Å². The van der Waals surface area contributed by atoms with Crippen LogP contribution in [0.4, 0.5) is 0 Å². The Morgan fingerprint density at radius 1 is 1.53 bits per heavy atom. The first-order chi connectivity index (χ1) is 7.18. The van der Waals surface area contributed by atoms with Crippen LogP contribution < -0.4 is 5.32 Å². The normalized spacial score (nSPS) is 11.2. The summed E-state index contributed by atoms with van der Waals surface area (Å²) in [6, 6.07) is 2.18. The smallest absolute Gasteiger partial charge is 0.0701 e. The van der Waals surface area contributed by atoms with Gasteiger partial charge in [-0.05, 0) is 44.6 Å². The third-order valence-electron chi connectivity index (χ3n) is 1.83. The Balaban J connectivity index is 1.98. The van der Waals surface area contributed by atoms with Crippen LogP contribution in [-0.4, -0.2) is 18.1 Å². The first-order valence-corrected chi connectivity index (χ1v) is 8.02. The molecule has 15 heavy (non-hydrogen) atoms. The van der Waals surface area contributed by atoms with Crippen molar-refractivity contribution in [2.45, 2.75) is 20.4 Å². The van der Waals surface area contributed by atoms with Gasteiger partial charge in [-0.25, -0.2) is 0 Å². The Bertz CT molecular complexity index is 273. The molecule has 0 aliphatic carbocycles. The second-order valence-electron chi connectivity index (χ2n) is 3.90. The van der Waals surface area contributed by atoms with Gasteiger partial charge in [-0.3, -0.25) is 0 Å². The average Bonchev–Trinajstić information content (AvgIpc) is 2.57. The fourth-order valence-corrected chi connectivity index (χ4v) is 3.27. The molecule has 1 aromatic heterocycles. The summed E-state index contributed by atoms with van der Waals surface area (Å²) in [6.07, 6.45) is 0. The molecular weight excluding hydrogens is 290 g/mol. The Labute approximate surface area is 109 Å². The molecule has 1 N–H and O–H groups in total. The SMILES string of the molecule is CC(C)CSCCNCc1csc(Br)c1. The molecule has 0 aliphatic rings. The van der Waals surface area contributed by atoms with Gasteiger partial charge in [0.05, 0.1) is 3.79 Å². The summed E-state index contributed by atoms with van der Waals surface area (Å²) in [5.74, 6) is 3.29. The number of halogens is 1. The van der Waals surface area contributed by atoms with Crippen LogP contribution in [-0.2, 0) is 6.54 Å². The molecule has 0 fully saturated rings. The summed E-state index contributed by atoms with van der Waals surface area (Å²) >= 11 is 7.25. The lowest BCUT2D eigenvalue weighted by atomic mass is 10.3. The maximum Gasteiger partial charge on any atom is 0.0701 e. The monoisotopic (exact) mass is 307 g/mol. The van der Waals surface area contributed by atoms with Crippen molar-refractivity contribution in [3.05, 3.63) is 20.8 Å². The molecule has 1 nitrogen and oxygen atoms in total. The number of rotatable bonds is 7. The van der Waals surface area contributed by atoms with Crippen molar-refractivity contribution in [3.63, 3.8) is 0 Å². The van der Waals surface area contributed by atoms with E-state index in [0.29, 0.717) is 0 Å². The fraction of sp³-hybridized carbons (Fsp3) is 0.636. The van der Waals surface area contributed by atoms with E-state index in [0.717, 1.165) is 19.0 Å². The molecule has 0 bridgehead atoms. The van der Waals surface area contributed by atoms with Crippen LogP contribution in [0.25, 0.3) is 0 Å². The standard InChI is InChI=1S/C11H18BrNS2/c1-9(2)7-14-4-3-13-6-10-5-11(12)15-8-10/h5,8-9,13H,3-4,6-7H2,1-2H3. The van der Waals surface area contributed by atoms with Gasteiger partial charge in [0.2, 0.25) is 0 Å². The largest absolute Gasteiger partial charge is 0.312 e. The average molecular weight is 308 g/mol. The van der Waals surface area contributed by atoms with Crippen molar-refractivity contribution in [3.8, 4) is 0 Å². The predicted molar refractivity (Wildman–Crippen MR) is 75.9 cm³/mol. The van der Waals surface area contributed by atoms with Crippen LogP contribution in [0.1, 0.15) is 19.4 Å². The van der Waals surface area contributed by atoms with Crippen molar-refractivity contribution in [2.24, 2.45) is 5.92 Å². The van der Waals surface area contributed by atoms with E-state index in [4.69, 9.17) is 0 Å². The van der Waals surface area contributed by atoms with Crippen LogP contribution in [0.2, 0.25) is 0 Å². The van der Waals surface area contributed by atoms with Crippen molar-refractivity contribution in [1.82, 2.24) is 5.32 Å². The van der Waals surface area contributed by atoms with E-state index in [9.17, 15) is 0 Å². The van der Waals surface area contributed by atoms with Crippen molar-refractivity contribution in [1.29, 1.82) is 0 Å². The zero-order chi connectivity index (χ0) is 11.1. The molecule has 0 unspecified atom stereocenters. The summed E-state index contributed by atoms with van der Waals surface area (Å²) in [6.45, 7) is 6.63. The van der Waals surface area contributed by atoms with Crippen LogP contribution in [0.5, 0.6) is 0 Å². The highest BCUT2D eigenvalue weighted by atomic mass is 79.9. The molecule has 0 atom stereocenters. The van der Waals surface area contributed by atoms with Gasteiger partial charge in [-0.1, -0.05) is 13.8 Å². The van der Waals surface area contributed by atoms with Crippen LogP contribution in [0, 0.1) is 5.92 Å². The number of thiophene rings is 1. The number of hydrogen-bond acceptors (Lipinski definition) is 3. The quantitative estimate of drug-likeness (QED) is 0.764. The van der Waals surface area contributed by atoms with Gasteiger partial charge in [0.25, 0.3) is 0 Å². The Kier molecular flexibility index (Phi) is 6.97. The highest BCUT2D eigenvalue weighted by molar-refractivity contribution is 9.11. The van der Waals surface area contributed by atoms with E-state index in [2.05, 4.69) is 46.5 Å². The van der Waals surface area contributed by atoms with E-state index in [1.807, 2.05) is 11.8 Å². The van der Waals surface area contributed by atoms with Crippen molar-refractivity contribution >= 4 is 39.0 Å². The van der Waals surface area contributed by atoms with Crippen molar-refractivity contribution in [2.75, 3.05) is 18.1 Å². The van der Waals surface area contributed by atoms with E-state index in [1.165, 1.54) is 20.9 Å². The lowest BCUT2D eigenvalue weighted by Crippen LogP contribution is -2.16. The molecule has 1 rings (SSSR count). The minimum absolute atomic E-state index is 0.808. The first-order valence-electron chi connectivity index (χ1n) is 5.20. The van der Waals surface area contributed by atoms with Gasteiger partial charge in [0, 0.05) is 18.8 Å². The Morgan fingerprint density at radius 3 is 2.93 bits per heavy atom. The summed E-state index contributed by atoms with van der Waals surface area (Å²) in [5.41, 5.74) is 1.38. The van der Waals surface area contributed by atoms with Gasteiger partial charge in [-0.2, -0.15) is 11.8 Å². The first kappa shape index (κ1) is 13.6. The molecule has 0 radical (unpaired) electrons. The van der Waals surface area contributed by atoms with E-state index in [1.54, 1.807) is 11.3 Å². The zero-order valence-corrected chi connectivity index (χ0v) is 12.5. The van der Waals surface area contributed by atoms with E-state index >= 15 is 0 Å². The molecule has 0 spiro atoms. The molecule has 1 aromatic rings. The summed E-state index contributed by atoms with van der Waals surface area (Å²) in [5, 5.41) is 5.65. The topological polar surface area (TPSA) is 12.0 Å². The molecule has 86 valence electrons. The molecule has 0 saturated heterocycles. The van der Waals surface area contributed by atoms with E-state index < -0.39 is 0 Å².